The molecule has 1 aliphatic carbocycles. The van der Waals surface area contributed by atoms with Gasteiger partial charge in [-0.25, -0.2) is 0 Å². The molecule has 2 rings (SSSR count). The average Bonchev–Trinajstić information content (AvgIpc) is 2.98. The zero-order chi connectivity index (χ0) is 11.1. The maximum atomic E-state index is 12.0. The number of rotatable bonds is 4. The van der Waals surface area contributed by atoms with Crippen LogP contribution in [0.4, 0.5) is 0 Å². The van der Waals surface area contributed by atoms with Crippen molar-refractivity contribution in [2.45, 2.75) is 45.1 Å². The molecule has 1 aliphatic heterocycles. The quantitative estimate of drug-likeness (QED) is 0.762. The van der Waals surface area contributed by atoms with E-state index in [1.807, 2.05) is 4.90 Å². The van der Waals surface area contributed by atoms with Gasteiger partial charge in [-0.15, -0.1) is 0 Å². The molecule has 0 aromatic rings. The van der Waals surface area contributed by atoms with Crippen LogP contribution in [0, 0.1) is 11.8 Å². The third-order valence-corrected chi connectivity index (χ3v) is 4.01. The monoisotopic (exact) mass is 210 g/mol. The van der Waals surface area contributed by atoms with E-state index in [2.05, 4.69) is 13.8 Å². The Morgan fingerprint density at radius 3 is 2.33 bits per heavy atom. The lowest BCUT2D eigenvalue weighted by atomic mass is 9.84. The minimum atomic E-state index is -0.0261. The summed E-state index contributed by atoms with van der Waals surface area (Å²) in [4.78, 5) is 13.9. The third kappa shape index (κ3) is 1.89. The first-order valence-electron chi connectivity index (χ1n) is 6.18. The Labute approximate surface area is 92.0 Å². The maximum Gasteiger partial charge on any atom is 0.225 e. The van der Waals surface area contributed by atoms with E-state index in [1.165, 1.54) is 12.8 Å². The average molecular weight is 210 g/mol. The number of hydrogen-bond acceptors (Lipinski definition) is 2. The predicted octanol–water partition coefficient (Wildman–Crippen LogP) is 1.37. The molecule has 2 aliphatic rings. The summed E-state index contributed by atoms with van der Waals surface area (Å²) in [6, 6.07) is 0. The van der Waals surface area contributed by atoms with Crippen LogP contribution in [-0.4, -0.2) is 29.4 Å². The molecule has 15 heavy (non-hydrogen) atoms. The Bertz CT molecular complexity index is 250. The highest BCUT2D eigenvalue weighted by atomic mass is 16.2. The van der Waals surface area contributed by atoms with Crippen LogP contribution in [0.2, 0.25) is 0 Å². The van der Waals surface area contributed by atoms with E-state index in [-0.39, 0.29) is 11.5 Å². The van der Waals surface area contributed by atoms with Gasteiger partial charge in [-0.3, -0.25) is 4.79 Å². The largest absolute Gasteiger partial charge is 0.339 e. The van der Waals surface area contributed by atoms with Gasteiger partial charge in [0.1, 0.15) is 0 Å². The molecule has 0 radical (unpaired) electrons. The molecule has 0 aromatic carbocycles. The second-order valence-corrected chi connectivity index (χ2v) is 5.22. The summed E-state index contributed by atoms with van der Waals surface area (Å²) in [5, 5.41) is 0. The molecule has 2 N–H and O–H groups in total. The number of hydrogen-bond donors (Lipinski definition) is 1. The molecule has 0 unspecified atom stereocenters. The Balaban J connectivity index is 1.85. The summed E-state index contributed by atoms with van der Waals surface area (Å²) in [5.74, 6) is 1.23. The van der Waals surface area contributed by atoms with Gasteiger partial charge in [0.15, 0.2) is 0 Å². The summed E-state index contributed by atoms with van der Waals surface area (Å²) >= 11 is 0. The first-order valence-corrected chi connectivity index (χ1v) is 6.18. The smallest absolute Gasteiger partial charge is 0.225 e. The number of amides is 1. The van der Waals surface area contributed by atoms with E-state index >= 15 is 0 Å². The Morgan fingerprint density at radius 1 is 1.40 bits per heavy atom. The fraction of sp³-hybridized carbons (Fsp3) is 0.917. The molecule has 3 heteroatoms. The molecule has 1 saturated heterocycles. The second-order valence-electron chi connectivity index (χ2n) is 5.22. The normalized spacial score (nSPS) is 24.1. The van der Waals surface area contributed by atoms with Crippen molar-refractivity contribution in [2.24, 2.45) is 17.6 Å². The lowest BCUT2D eigenvalue weighted by molar-refractivity contribution is -0.144. The van der Waals surface area contributed by atoms with Gasteiger partial charge < -0.3 is 10.6 Å². The molecule has 0 aromatic heterocycles. The minimum absolute atomic E-state index is 0.0261. The van der Waals surface area contributed by atoms with Crippen LogP contribution in [0.25, 0.3) is 0 Å². The minimum Gasteiger partial charge on any atom is -0.339 e. The molecular formula is C12H22N2O. The number of nitrogens with zero attached hydrogens (tertiary/aromatic N) is 1. The highest BCUT2D eigenvalue weighted by molar-refractivity contribution is 5.80. The van der Waals surface area contributed by atoms with E-state index < -0.39 is 0 Å². The van der Waals surface area contributed by atoms with Crippen LogP contribution in [0.1, 0.15) is 39.5 Å². The van der Waals surface area contributed by atoms with Gasteiger partial charge in [-0.05, 0) is 31.6 Å². The first-order chi connectivity index (χ1) is 7.10. The van der Waals surface area contributed by atoms with E-state index in [9.17, 15) is 4.79 Å². The van der Waals surface area contributed by atoms with Gasteiger partial charge in [-0.1, -0.05) is 13.8 Å². The van der Waals surface area contributed by atoms with Crippen molar-refractivity contribution in [3.8, 4) is 0 Å². The van der Waals surface area contributed by atoms with Crippen LogP contribution in [-0.2, 0) is 4.79 Å². The van der Waals surface area contributed by atoms with Crippen LogP contribution >= 0.6 is 0 Å². The van der Waals surface area contributed by atoms with Crippen molar-refractivity contribution in [2.75, 3.05) is 13.1 Å². The van der Waals surface area contributed by atoms with Crippen molar-refractivity contribution in [3.05, 3.63) is 0 Å². The summed E-state index contributed by atoms with van der Waals surface area (Å²) in [6.07, 6.45) is 4.44. The predicted molar refractivity (Wildman–Crippen MR) is 60.3 cm³/mol. The van der Waals surface area contributed by atoms with Gasteiger partial charge in [0.25, 0.3) is 0 Å². The van der Waals surface area contributed by atoms with Gasteiger partial charge in [0.05, 0.1) is 5.54 Å². The second kappa shape index (κ2) is 3.78. The highest BCUT2D eigenvalue weighted by Gasteiger charge is 2.52. The molecule has 1 saturated carbocycles. The maximum absolute atomic E-state index is 12.0. The van der Waals surface area contributed by atoms with Crippen molar-refractivity contribution in [3.63, 3.8) is 0 Å². The molecule has 0 bridgehead atoms. The van der Waals surface area contributed by atoms with Crippen molar-refractivity contribution in [1.29, 1.82) is 0 Å². The number of carbonyl (C=O) groups is 1. The Kier molecular flexibility index (Phi) is 2.75. The summed E-state index contributed by atoms with van der Waals surface area (Å²) in [7, 11) is 0. The van der Waals surface area contributed by atoms with E-state index in [4.69, 9.17) is 5.73 Å². The molecule has 0 atom stereocenters. The fourth-order valence-electron chi connectivity index (χ4n) is 2.63. The molecule has 0 spiro atoms. The summed E-state index contributed by atoms with van der Waals surface area (Å²) in [6.45, 7) is 5.77. The number of likely N-dealkylation sites (tertiary alicyclic amines) is 1. The Morgan fingerprint density at radius 2 is 1.93 bits per heavy atom. The van der Waals surface area contributed by atoms with Gasteiger partial charge in [-0.2, -0.15) is 0 Å². The van der Waals surface area contributed by atoms with Crippen molar-refractivity contribution < 1.29 is 4.79 Å². The number of carbonyl (C=O) groups excluding carboxylic acids is 1. The Hall–Kier alpha value is -0.570. The summed E-state index contributed by atoms with van der Waals surface area (Å²) < 4.78 is 0. The van der Waals surface area contributed by atoms with Crippen LogP contribution in [0.5, 0.6) is 0 Å². The van der Waals surface area contributed by atoms with E-state index in [0.29, 0.717) is 11.8 Å². The lowest BCUT2D eigenvalue weighted by Crippen LogP contribution is -2.70. The fourth-order valence-corrected chi connectivity index (χ4v) is 2.63. The first kappa shape index (κ1) is 10.9. The van der Waals surface area contributed by atoms with Crippen LogP contribution in [0.3, 0.4) is 0 Å². The van der Waals surface area contributed by atoms with Crippen LogP contribution in [0.15, 0.2) is 0 Å². The molecule has 86 valence electrons. The van der Waals surface area contributed by atoms with Gasteiger partial charge >= 0.3 is 0 Å². The topological polar surface area (TPSA) is 46.3 Å². The SMILES string of the molecule is CCC(CC)C(=O)N1CC(N)(C2CC2)C1. The standard InChI is InChI=1S/C12H22N2O/c1-3-9(4-2)11(15)14-7-12(13,8-14)10-5-6-10/h9-10H,3-8,13H2,1-2H3. The lowest BCUT2D eigenvalue weighted by Gasteiger charge is -2.49. The van der Waals surface area contributed by atoms with Gasteiger partial charge in [0, 0.05) is 19.0 Å². The van der Waals surface area contributed by atoms with Crippen LogP contribution < -0.4 is 5.73 Å². The molecule has 1 amide bonds. The molecular weight excluding hydrogens is 188 g/mol. The van der Waals surface area contributed by atoms with Crippen molar-refractivity contribution in [1.82, 2.24) is 4.90 Å². The summed E-state index contributed by atoms with van der Waals surface area (Å²) in [5.41, 5.74) is 6.20. The van der Waals surface area contributed by atoms with E-state index in [1.54, 1.807) is 0 Å². The highest BCUT2D eigenvalue weighted by Crippen LogP contribution is 2.43. The zero-order valence-corrected chi connectivity index (χ0v) is 9.83. The van der Waals surface area contributed by atoms with Crippen molar-refractivity contribution >= 4 is 5.91 Å². The number of nitrogens with two attached hydrogens (primary N) is 1. The zero-order valence-electron chi connectivity index (χ0n) is 9.83. The third-order valence-electron chi connectivity index (χ3n) is 4.01. The van der Waals surface area contributed by atoms with E-state index in [0.717, 1.165) is 25.9 Å². The molecule has 1 heterocycles. The molecule has 2 fully saturated rings. The molecule has 3 nitrogen and oxygen atoms in total. The van der Waals surface area contributed by atoms with Gasteiger partial charge in [0.2, 0.25) is 5.91 Å².